The van der Waals surface area contributed by atoms with Gasteiger partial charge in [-0.15, -0.1) is 0 Å². The smallest absolute Gasteiger partial charge is 0.279 e. The summed E-state index contributed by atoms with van der Waals surface area (Å²) in [6, 6.07) is 16.3. The Kier molecular flexibility index (Phi) is 9.22. The van der Waals surface area contributed by atoms with Crippen molar-refractivity contribution < 1.29 is 19.4 Å². The largest absolute Gasteiger partial charge is 0.481 e. The Hall–Kier alpha value is -4.09. The molecule has 3 atom stereocenters. The first-order valence-corrected chi connectivity index (χ1v) is 14.4. The summed E-state index contributed by atoms with van der Waals surface area (Å²) in [5.41, 5.74) is 4.68. The molecule has 3 N–H and O–H groups in total. The molecule has 224 valence electrons. The third kappa shape index (κ3) is 6.33. The number of anilines is 1. The number of amides is 1. The molecule has 1 aliphatic heterocycles. The molecular weight excluding hydrogens is 570 g/mol. The molecule has 0 aliphatic carbocycles. The minimum Gasteiger partial charge on any atom is -0.481 e. The Balaban J connectivity index is 1.43. The van der Waals surface area contributed by atoms with Gasteiger partial charge in [0.05, 0.1) is 30.5 Å². The van der Waals surface area contributed by atoms with Crippen molar-refractivity contribution in [3.05, 3.63) is 92.9 Å². The minimum atomic E-state index is -0.575. The number of rotatable bonds is 8. The second-order valence-electron chi connectivity index (χ2n) is 10.5. The highest BCUT2D eigenvalue weighted by molar-refractivity contribution is 6.36. The number of hydrogen-bond acceptors (Lipinski definition) is 8. The topological polar surface area (TPSA) is 128 Å². The summed E-state index contributed by atoms with van der Waals surface area (Å²) < 4.78 is 12.1. The van der Waals surface area contributed by atoms with E-state index in [1.807, 2.05) is 56.3 Å². The second kappa shape index (κ2) is 13.0. The zero-order valence-electron chi connectivity index (χ0n) is 24.4. The van der Waals surface area contributed by atoms with E-state index in [-0.39, 0.29) is 17.6 Å². The lowest BCUT2D eigenvalue weighted by Gasteiger charge is -2.31. The number of carbonyl (C=O) groups excluding carboxylic acids is 1. The number of aryl methyl sites for hydroxylation is 1. The molecule has 2 aromatic carbocycles. The van der Waals surface area contributed by atoms with Crippen LogP contribution in [0, 0.1) is 6.92 Å². The number of aliphatic hydroxyl groups excluding tert-OH is 1. The van der Waals surface area contributed by atoms with Crippen LogP contribution in [-0.4, -0.2) is 58.2 Å². The molecule has 0 saturated carbocycles. The predicted molar refractivity (Wildman–Crippen MR) is 166 cm³/mol. The van der Waals surface area contributed by atoms with E-state index in [1.54, 1.807) is 13.2 Å². The zero-order chi connectivity index (χ0) is 30.7. The van der Waals surface area contributed by atoms with E-state index in [9.17, 15) is 14.7 Å². The lowest BCUT2D eigenvalue weighted by atomic mass is 9.96. The van der Waals surface area contributed by atoms with Gasteiger partial charge >= 0.3 is 0 Å². The van der Waals surface area contributed by atoms with Crippen LogP contribution in [0.5, 0.6) is 5.88 Å². The zero-order valence-corrected chi connectivity index (χ0v) is 25.2. The number of methoxy groups -OCH3 is 1. The van der Waals surface area contributed by atoms with E-state index in [0.29, 0.717) is 41.9 Å². The molecule has 1 saturated heterocycles. The molecule has 1 amide bonds. The Bertz CT molecular complexity index is 1710. The summed E-state index contributed by atoms with van der Waals surface area (Å²) in [7, 11) is 3.07. The fourth-order valence-electron chi connectivity index (χ4n) is 5.29. The molecule has 0 radical (unpaired) electrons. The molecule has 11 heteroatoms. The normalized spacial score (nSPS) is 17.3. The van der Waals surface area contributed by atoms with Crippen LogP contribution in [0.4, 0.5) is 5.69 Å². The molecule has 1 aliphatic rings. The summed E-state index contributed by atoms with van der Waals surface area (Å²) in [5, 5.41) is 21.0. The van der Waals surface area contributed by atoms with Crippen molar-refractivity contribution in [2.24, 2.45) is 7.05 Å². The van der Waals surface area contributed by atoms with Gasteiger partial charge in [-0.3, -0.25) is 9.59 Å². The number of hydrogen-bond donors (Lipinski definition) is 3. The molecule has 0 unspecified atom stereocenters. The van der Waals surface area contributed by atoms with Crippen LogP contribution in [-0.2, 0) is 11.8 Å². The van der Waals surface area contributed by atoms with Gasteiger partial charge in [0, 0.05) is 54.3 Å². The van der Waals surface area contributed by atoms with Crippen molar-refractivity contribution in [2.75, 3.05) is 25.6 Å². The molecule has 1 fully saturated rings. The maximum atomic E-state index is 12.9. The van der Waals surface area contributed by atoms with E-state index in [2.05, 4.69) is 15.7 Å². The highest BCUT2D eigenvalue weighted by atomic mass is 35.5. The lowest BCUT2D eigenvalue weighted by Crippen LogP contribution is -2.47. The predicted octanol–water partition coefficient (Wildman–Crippen LogP) is 4.53. The van der Waals surface area contributed by atoms with E-state index >= 15 is 0 Å². The second-order valence-corrected chi connectivity index (χ2v) is 10.9. The SMILES string of the molecule is COc1nc(-c2cccc(-c3cccc(NC(=O)c4ccnn(C)c4=O)c3C)c2Cl)ccc1[C@H](C)N[C@@H]1CCOC[C@@H]1O. The number of nitrogens with zero attached hydrogens (tertiary/aromatic N) is 3. The van der Waals surface area contributed by atoms with Crippen LogP contribution >= 0.6 is 11.6 Å². The van der Waals surface area contributed by atoms with Gasteiger partial charge in [0.15, 0.2) is 0 Å². The Morgan fingerprint density at radius 1 is 1.14 bits per heavy atom. The highest BCUT2D eigenvalue weighted by Gasteiger charge is 2.27. The van der Waals surface area contributed by atoms with Crippen molar-refractivity contribution in [3.8, 4) is 28.3 Å². The van der Waals surface area contributed by atoms with Gasteiger partial charge in [-0.25, -0.2) is 9.67 Å². The number of halogens is 1. The van der Waals surface area contributed by atoms with Gasteiger partial charge in [0.25, 0.3) is 11.5 Å². The molecule has 0 bridgehead atoms. The highest BCUT2D eigenvalue weighted by Crippen LogP contribution is 2.39. The van der Waals surface area contributed by atoms with Crippen LogP contribution < -0.4 is 20.9 Å². The third-order valence-corrected chi connectivity index (χ3v) is 8.14. The average Bonchev–Trinajstić information content (AvgIpc) is 3.00. The van der Waals surface area contributed by atoms with Crippen LogP contribution in [0.1, 0.15) is 40.9 Å². The molecular formula is C32H34ClN5O5. The summed E-state index contributed by atoms with van der Waals surface area (Å²) in [4.78, 5) is 30.1. The van der Waals surface area contributed by atoms with Crippen molar-refractivity contribution in [1.29, 1.82) is 0 Å². The monoisotopic (exact) mass is 603 g/mol. The fourth-order valence-corrected chi connectivity index (χ4v) is 5.62. The number of benzene rings is 2. The van der Waals surface area contributed by atoms with Crippen LogP contribution in [0.3, 0.4) is 0 Å². The van der Waals surface area contributed by atoms with Crippen LogP contribution in [0.15, 0.2) is 65.6 Å². The van der Waals surface area contributed by atoms with Crippen LogP contribution in [0.2, 0.25) is 5.02 Å². The Labute approximate surface area is 254 Å². The molecule has 0 spiro atoms. The van der Waals surface area contributed by atoms with Crippen molar-refractivity contribution >= 4 is 23.2 Å². The van der Waals surface area contributed by atoms with Crippen LogP contribution in [0.25, 0.3) is 22.4 Å². The standard InChI is InChI=1S/C32H34ClN5O5/c1-18-20(7-6-10-25(18)36-30(40)24-13-15-34-38(3)32(24)41)22-8-5-9-23(29(22)33)26-12-11-21(31(37-26)42-4)19(2)35-27-14-16-43-17-28(27)39/h5-13,15,19,27-28,35,39H,14,16-17H2,1-4H3,(H,36,40)/t19-,27+,28-/m0/s1. The first kappa shape index (κ1) is 30.4. The first-order chi connectivity index (χ1) is 20.7. The van der Waals surface area contributed by atoms with Crippen molar-refractivity contribution in [3.63, 3.8) is 0 Å². The van der Waals surface area contributed by atoms with E-state index < -0.39 is 17.6 Å². The number of aromatic nitrogens is 3. The lowest BCUT2D eigenvalue weighted by molar-refractivity contribution is -0.0300. The molecule has 10 nitrogen and oxygen atoms in total. The number of aliphatic hydroxyl groups is 1. The molecule has 43 heavy (non-hydrogen) atoms. The average molecular weight is 604 g/mol. The number of nitrogens with one attached hydrogen (secondary N) is 2. The fraction of sp³-hybridized carbons (Fsp3) is 0.312. The maximum Gasteiger partial charge on any atom is 0.279 e. The van der Waals surface area contributed by atoms with Crippen molar-refractivity contribution in [1.82, 2.24) is 20.1 Å². The van der Waals surface area contributed by atoms with Gasteiger partial charge < -0.3 is 25.2 Å². The van der Waals surface area contributed by atoms with Gasteiger partial charge in [-0.2, -0.15) is 5.10 Å². The minimum absolute atomic E-state index is 0.000689. The molecule has 3 heterocycles. The number of ether oxygens (including phenoxy) is 2. The summed E-state index contributed by atoms with van der Waals surface area (Å²) >= 11 is 7.01. The van der Waals surface area contributed by atoms with Crippen molar-refractivity contribution in [2.45, 2.75) is 38.5 Å². The van der Waals surface area contributed by atoms with E-state index in [0.717, 1.165) is 32.5 Å². The van der Waals surface area contributed by atoms with Gasteiger partial charge in [0.1, 0.15) is 5.56 Å². The quantitative estimate of drug-likeness (QED) is 0.268. The summed E-state index contributed by atoms with van der Waals surface area (Å²) in [6.07, 6.45) is 1.55. The van der Waals surface area contributed by atoms with Gasteiger partial charge in [-0.1, -0.05) is 41.9 Å². The molecule has 4 aromatic rings. The summed E-state index contributed by atoms with van der Waals surface area (Å²) in [5.74, 6) is -0.0572. The third-order valence-electron chi connectivity index (χ3n) is 7.74. The Morgan fingerprint density at radius 3 is 2.65 bits per heavy atom. The molecule has 5 rings (SSSR count). The Morgan fingerprint density at radius 2 is 1.88 bits per heavy atom. The molecule has 2 aromatic heterocycles. The number of carbonyl (C=O) groups is 1. The first-order valence-electron chi connectivity index (χ1n) is 14.0. The van der Waals surface area contributed by atoms with E-state index in [4.69, 9.17) is 26.1 Å². The van der Waals surface area contributed by atoms with Gasteiger partial charge in [0.2, 0.25) is 5.88 Å². The van der Waals surface area contributed by atoms with E-state index in [1.165, 1.54) is 19.3 Å². The summed E-state index contributed by atoms with van der Waals surface area (Å²) in [6.45, 7) is 4.81. The van der Waals surface area contributed by atoms with Gasteiger partial charge in [-0.05, 0) is 55.7 Å². The number of pyridine rings is 1. The maximum absolute atomic E-state index is 12.9.